The zero-order valence-electron chi connectivity index (χ0n) is 9.87. The molecule has 5 rings (SSSR count). The number of carbonyl (C=O) groups excluding carboxylic acids is 4. The molecule has 22 heavy (non-hydrogen) atoms. The van der Waals surface area contributed by atoms with Crippen molar-refractivity contribution < 1.29 is 44.0 Å². The van der Waals surface area contributed by atoms with Crippen LogP contribution in [0.3, 0.4) is 0 Å². The van der Waals surface area contributed by atoms with Gasteiger partial charge in [0.1, 0.15) is 0 Å². The van der Waals surface area contributed by atoms with Gasteiger partial charge in [0.2, 0.25) is 0 Å². The molecule has 4 saturated heterocycles. The van der Waals surface area contributed by atoms with E-state index in [2.05, 4.69) is 0 Å². The molecule has 118 valence electrons. The monoisotopic (exact) mass is 550 g/mol. The van der Waals surface area contributed by atoms with Crippen molar-refractivity contribution in [1.29, 1.82) is 0 Å². The third-order valence-electron chi connectivity index (χ3n) is 2.85. The molecule has 0 aromatic carbocycles. The molecule has 0 amide bonds. The number of rotatable bonds is 0. The number of hydrogen-bond acceptors (Lipinski definition) is 12. The molecule has 14 heteroatoms. The third kappa shape index (κ3) is 1.49. The van der Waals surface area contributed by atoms with Gasteiger partial charge in [-0.25, -0.2) is 0 Å². The van der Waals surface area contributed by atoms with Crippen molar-refractivity contribution in [3.05, 3.63) is 11.5 Å². The van der Waals surface area contributed by atoms with E-state index in [1.54, 1.807) is 0 Å². The molecule has 0 radical (unpaired) electrons. The zero-order valence-corrected chi connectivity index (χ0v) is 14.5. The van der Waals surface area contributed by atoms with Crippen molar-refractivity contribution in [3.8, 4) is 0 Å². The van der Waals surface area contributed by atoms with Crippen LogP contribution in [0.2, 0.25) is 0 Å². The summed E-state index contributed by atoms with van der Waals surface area (Å²) in [5.74, 6) is -5.46. The summed E-state index contributed by atoms with van der Waals surface area (Å²) in [6.07, 6.45) is -3.09. The van der Waals surface area contributed by atoms with Gasteiger partial charge in [0.25, 0.3) is 0 Å². The van der Waals surface area contributed by atoms with Crippen LogP contribution in [-0.2, 0) is 44.0 Å². The van der Waals surface area contributed by atoms with Gasteiger partial charge in [-0.2, -0.15) is 0 Å². The fraction of sp³-hybridized carbons (Fsp3) is 0.250. The van der Waals surface area contributed by atoms with E-state index in [9.17, 15) is 19.2 Å². The Balaban J connectivity index is 1.74. The molecular formula is C8H2O12Te2. The Labute approximate surface area is 131 Å². The van der Waals surface area contributed by atoms with E-state index in [0.29, 0.717) is 0 Å². The molecule has 5 aliphatic heterocycles. The molecule has 0 N–H and O–H groups in total. The molecule has 12 nitrogen and oxygen atoms in total. The molecule has 0 saturated carbocycles. The van der Waals surface area contributed by atoms with E-state index in [1.807, 2.05) is 0 Å². The Bertz CT molecular complexity index is 669. The molecule has 5 heterocycles. The van der Waals surface area contributed by atoms with Crippen molar-refractivity contribution in [2.24, 2.45) is 0 Å². The van der Waals surface area contributed by atoms with E-state index in [1.165, 1.54) is 0 Å². The summed E-state index contributed by atoms with van der Waals surface area (Å²) in [6.45, 7) is 0. The summed E-state index contributed by atoms with van der Waals surface area (Å²) < 4.78 is 40.4. The van der Waals surface area contributed by atoms with Crippen LogP contribution in [0.15, 0.2) is 11.5 Å². The van der Waals surface area contributed by atoms with Crippen LogP contribution in [0.1, 0.15) is 0 Å². The Morgan fingerprint density at radius 3 is 1.41 bits per heavy atom. The van der Waals surface area contributed by atoms with Crippen LogP contribution in [0.25, 0.3) is 0 Å². The molecule has 0 aromatic rings. The molecule has 0 aliphatic carbocycles. The van der Waals surface area contributed by atoms with E-state index in [4.69, 9.17) is 24.8 Å². The Morgan fingerprint density at radius 1 is 0.591 bits per heavy atom. The van der Waals surface area contributed by atoms with E-state index in [-0.39, 0.29) is 0 Å². The molecule has 2 spiro atoms. The van der Waals surface area contributed by atoms with E-state index in [0.717, 1.165) is 0 Å². The van der Waals surface area contributed by atoms with Crippen LogP contribution < -0.4 is 0 Å². The van der Waals surface area contributed by atoms with Crippen molar-refractivity contribution >= 4 is 63.5 Å². The van der Waals surface area contributed by atoms with Crippen molar-refractivity contribution in [3.63, 3.8) is 0 Å². The first kappa shape index (κ1) is 13.2. The first-order valence-electron chi connectivity index (χ1n) is 5.51. The predicted molar refractivity (Wildman–Crippen MR) is 54.8 cm³/mol. The molecular weight excluding hydrogens is 543 g/mol. The maximum atomic E-state index is 11.9. The molecule has 4 atom stereocenters. The van der Waals surface area contributed by atoms with Gasteiger partial charge >= 0.3 is 131 Å². The van der Waals surface area contributed by atoms with Crippen LogP contribution >= 0.6 is 0 Å². The van der Waals surface area contributed by atoms with Gasteiger partial charge in [0.05, 0.1) is 0 Å². The van der Waals surface area contributed by atoms with Gasteiger partial charge in [-0.1, -0.05) is 0 Å². The summed E-state index contributed by atoms with van der Waals surface area (Å²) in [5, 5.41) is 0. The summed E-state index contributed by atoms with van der Waals surface area (Å²) in [6, 6.07) is 0. The summed E-state index contributed by atoms with van der Waals surface area (Å²) in [4.78, 5) is 47.4. The van der Waals surface area contributed by atoms with Gasteiger partial charge in [-0.15, -0.1) is 0 Å². The van der Waals surface area contributed by atoms with Gasteiger partial charge < -0.3 is 0 Å². The third-order valence-corrected chi connectivity index (χ3v) is 11.6. The van der Waals surface area contributed by atoms with Crippen LogP contribution in [0.5, 0.6) is 0 Å². The quantitative estimate of drug-likeness (QED) is 0.289. The first-order valence-corrected chi connectivity index (χ1v) is 13.1. The van der Waals surface area contributed by atoms with Gasteiger partial charge in [0.15, 0.2) is 0 Å². The second-order valence-electron chi connectivity index (χ2n) is 4.22. The first-order chi connectivity index (χ1) is 10.4. The molecule has 4 unspecified atom stereocenters. The molecule has 6 bridgehead atoms. The van der Waals surface area contributed by atoms with Crippen molar-refractivity contribution in [1.82, 2.24) is 0 Å². The SMILES string of the molecule is O=C1O[Te]23OC(=O)C(O2)C2O[Te]4(OC(=O)/C(=C\1O3)O4)OC2=O. The standard InChI is InChI=1S/C8H2O12Te2/c9-5-1-2-6(10)18-22(14-2)16-4(8(12)20-22)3-7(11)19-21(13-1,15-3)17-5/h1-2H/b4-3-. The van der Waals surface area contributed by atoms with Gasteiger partial charge in [-0.3, -0.25) is 0 Å². The van der Waals surface area contributed by atoms with E-state index < -0.39 is 87.3 Å². The maximum absolute atomic E-state index is 11.9. The summed E-state index contributed by atoms with van der Waals surface area (Å²) in [7, 11) is 0. The normalized spacial score (nSPS) is 53.1. The second-order valence-corrected chi connectivity index (χ2v) is 12.8. The van der Waals surface area contributed by atoms with Crippen molar-refractivity contribution in [2.45, 2.75) is 12.2 Å². The Morgan fingerprint density at radius 2 is 1.00 bits per heavy atom. The predicted octanol–water partition coefficient (Wildman–Crippen LogP) is -2.89. The zero-order chi connectivity index (χ0) is 15.3. The topological polar surface area (TPSA) is 142 Å². The fourth-order valence-electron chi connectivity index (χ4n) is 1.99. The van der Waals surface area contributed by atoms with Crippen molar-refractivity contribution in [2.75, 3.05) is 0 Å². The van der Waals surface area contributed by atoms with E-state index >= 15 is 0 Å². The van der Waals surface area contributed by atoms with Crippen LogP contribution in [0, 0.1) is 0 Å². The average molecular weight is 545 g/mol. The van der Waals surface area contributed by atoms with Crippen LogP contribution in [0.4, 0.5) is 0 Å². The summed E-state index contributed by atoms with van der Waals surface area (Å²) >= 11 is -9.62. The number of carbonyl (C=O) groups is 4. The molecule has 5 aliphatic rings. The van der Waals surface area contributed by atoms with Gasteiger partial charge in [-0.05, 0) is 0 Å². The van der Waals surface area contributed by atoms with Gasteiger partial charge in [0, 0.05) is 0 Å². The number of hydrogen-bond donors (Lipinski definition) is 0. The minimum absolute atomic E-state index is 0.646. The minimum atomic E-state index is -4.81. The Hall–Kier alpha value is -1.28. The molecule has 4 fully saturated rings. The Kier molecular flexibility index (Phi) is 2.27. The second kappa shape index (κ2) is 3.79. The average Bonchev–Trinajstić information content (AvgIpc) is 3.09. The summed E-state index contributed by atoms with van der Waals surface area (Å²) in [5.41, 5.74) is 0. The number of fused-ring (bicyclic) bond motifs is 5. The fourth-order valence-corrected chi connectivity index (χ4v) is 10.9. The molecule has 0 aromatic heterocycles. The van der Waals surface area contributed by atoms with Crippen LogP contribution in [-0.4, -0.2) is 75.7 Å².